The van der Waals surface area contributed by atoms with Gasteiger partial charge in [0.05, 0.1) is 22.1 Å². The topological polar surface area (TPSA) is 159 Å². The Morgan fingerprint density at radius 1 is 0.849 bits per heavy atom. The standard InChI is InChI=1S/C41H66N4O7S/c1-38(2,3)53(51,52)25-41(21-11-8-12-22-41)44-37(50)43-34(40(6)19-9-7-10-20-40)36(49)45-24-29-31(39(29,4)5)32(45)30(46)23-27(16-15-26-13-14-26)33(47)35(48)42-28-17-18-28/h26-29,31-32,34H,7-25H2,1-6H3,(H,42,48)(H2,43,44,50)/t27-,29+,31+,32-,34-/m1/s1. The molecule has 0 spiro atoms. The van der Waals surface area contributed by atoms with Crippen molar-refractivity contribution in [3.8, 4) is 0 Å². The third kappa shape index (κ3) is 8.82. The van der Waals surface area contributed by atoms with Crippen LogP contribution in [0.3, 0.4) is 0 Å². The minimum absolute atomic E-state index is 0.0425. The van der Waals surface area contributed by atoms with Crippen LogP contribution in [0.5, 0.6) is 0 Å². The summed E-state index contributed by atoms with van der Waals surface area (Å²) >= 11 is 0. The van der Waals surface area contributed by atoms with E-state index in [0.29, 0.717) is 31.7 Å². The van der Waals surface area contributed by atoms with Gasteiger partial charge in [0.25, 0.3) is 5.91 Å². The maximum absolute atomic E-state index is 15.0. The summed E-state index contributed by atoms with van der Waals surface area (Å²) in [6, 6.07) is -2.14. The molecular formula is C41H66N4O7S. The van der Waals surface area contributed by atoms with E-state index >= 15 is 0 Å². The molecule has 6 rings (SSSR count). The first kappa shape index (κ1) is 40.2. The monoisotopic (exact) mass is 758 g/mol. The van der Waals surface area contributed by atoms with E-state index in [1.807, 2.05) is 0 Å². The average Bonchev–Trinajstić information content (AvgIpc) is 4.04. The van der Waals surface area contributed by atoms with Crippen molar-refractivity contribution < 1.29 is 32.4 Å². The number of ketones is 2. The van der Waals surface area contributed by atoms with Crippen molar-refractivity contribution in [2.75, 3.05) is 12.3 Å². The van der Waals surface area contributed by atoms with Gasteiger partial charge >= 0.3 is 6.03 Å². The van der Waals surface area contributed by atoms with Gasteiger partial charge < -0.3 is 20.9 Å². The predicted octanol–water partition coefficient (Wildman–Crippen LogP) is 5.64. The number of likely N-dealkylation sites (tertiary alicyclic amines) is 1. The third-order valence-electron chi connectivity index (χ3n) is 14.2. The highest BCUT2D eigenvalue weighted by Gasteiger charge is 2.69. The number of nitrogens with zero attached hydrogens (tertiary/aromatic N) is 1. The van der Waals surface area contributed by atoms with E-state index < -0.39 is 61.3 Å². The molecule has 0 aromatic carbocycles. The van der Waals surface area contributed by atoms with Gasteiger partial charge in [0, 0.05) is 24.9 Å². The highest BCUT2D eigenvalue weighted by Crippen LogP contribution is 2.65. The number of carbonyl (C=O) groups is 5. The molecule has 0 bridgehead atoms. The zero-order valence-corrected chi connectivity index (χ0v) is 34.0. The molecule has 0 aromatic rings. The number of urea groups is 1. The number of amides is 4. The van der Waals surface area contributed by atoms with Gasteiger partial charge in [-0.05, 0) is 101 Å². The minimum atomic E-state index is -3.56. The van der Waals surface area contributed by atoms with Crippen LogP contribution in [0.2, 0.25) is 0 Å². The quantitative estimate of drug-likeness (QED) is 0.183. The first-order valence-electron chi connectivity index (χ1n) is 20.8. The van der Waals surface area contributed by atoms with Crippen LogP contribution in [0.25, 0.3) is 0 Å². The van der Waals surface area contributed by atoms with Crippen LogP contribution in [0, 0.1) is 34.5 Å². The van der Waals surface area contributed by atoms with Crippen LogP contribution in [0.1, 0.15) is 151 Å². The fraction of sp³-hybridized carbons (Fsp3) is 0.878. The number of hydrogen-bond donors (Lipinski definition) is 3. The summed E-state index contributed by atoms with van der Waals surface area (Å²) in [7, 11) is -3.56. The van der Waals surface area contributed by atoms with Gasteiger partial charge in [-0.3, -0.25) is 19.2 Å². The number of nitrogens with one attached hydrogen (secondary N) is 3. The Kier molecular flexibility index (Phi) is 11.3. The summed E-state index contributed by atoms with van der Waals surface area (Å²) < 4.78 is 26.0. The van der Waals surface area contributed by atoms with E-state index in [0.717, 1.165) is 83.5 Å². The van der Waals surface area contributed by atoms with Gasteiger partial charge in [-0.1, -0.05) is 72.1 Å². The van der Waals surface area contributed by atoms with Crippen LogP contribution in [-0.2, 0) is 29.0 Å². The van der Waals surface area contributed by atoms with Gasteiger partial charge in [-0.15, -0.1) is 0 Å². The van der Waals surface area contributed by atoms with Crippen LogP contribution in [0.4, 0.5) is 4.79 Å². The number of carbonyl (C=O) groups excluding carboxylic acids is 5. The van der Waals surface area contributed by atoms with Crippen molar-refractivity contribution in [2.45, 2.75) is 179 Å². The zero-order chi connectivity index (χ0) is 38.6. The number of Topliss-reactive ketones (excluding diaryl/α,β-unsaturated/α-hetero) is 2. The largest absolute Gasteiger partial charge is 0.347 e. The predicted molar refractivity (Wildman–Crippen MR) is 204 cm³/mol. The van der Waals surface area contributed by atoms with Crippen molar-refractivity contribution in [1.29, 1.82) is 0 Å². The molecule has 12 heteroatoms. The lowest BCUT2D eigenvalue weighted by atomic mass is 9.70. The van der Waals surface area contributed by atoms with Gasteiger partial charge in [0.1, 0.15) is 6.04 Å². The fourth-order valence-corrected chi connectivity index (χ4v) is 11.5. The average molecular weight is 759 g/mol. The number of rotatable bonds is 15. The molecule has 298 valence electrons. The van der Waals surface area contributed by atoms with Crippen LogP contribution >= 0.6 is 0 Å². The number of sulfone groups is 1. The Balaban J connectivity index is 1.23. The SMILES string of the molecule is CC1([C@H](NC(=O)NC2(CS(=O)(=O)C(C)(C)C)CCCCC2)C(=O)N2C[C@H]3[C@@H]([C@H]2C(=O)C[C@@H](CCC2CC2)C(=O)C(=O)NC2CC2)C3(C)C)CCCCC1. The smallest absolute Gasteiger partial charge is 0.315 e. The summed E-state index contributed by atoms with van der Waals surface area (Å²) in [5.41, 5.74) is -1.63. The lowest BCUT2D eigenvalue weighted by Crippen LogP contribution is -2.64. The number of hydrogen-bond acceptors (Lipinski definition) is 7. The Labute approximate surface area is 317 Å². The highest BCUT2D eigenvalue weighted by molar-refractivity contribution is 7.92. The first-order valence-corrected chi connectivity index (χ1v) is 22.4. The van der Waals surface area contributed by atoms with Crippen molar-refractivity contribution in [3.05, 3.63) is 0 Å². The van der Waals surface area contributed by atoms with Gasteiger partial charge in [-0.25, -0.2) is 13.2 Å². The maximum atomic E-state index is 15.0. The first-order chi connectivity index (χ1) is 24.8. The summed E-state index contributed by atoms with van der Waals surface area (Å²) in [5.74, 6) is -1.84. The second kappa shape index (κ2) is 14.9. The summed E-state index contributed by atoms with van der Waals surface area (Å²) in [5, 5.41) is 9.02. The molecule has 1 heterocycles. The molecule has 4 amide bonds. The van der Waals surface area contributed by atoms with E-state index in [-0.39, 0.29) is 47.2 Å². The second-order valence-corrected chi connectivity index (χ2v) is 22.6. The lowest BCUT2D eigenvalue weighted by Gasteiger charge is -2.44. The number of piperidine rings is 1. The maximum Gasteiger partial charge on any atom is 0.315 e. The van der Waals surface area contributed by atoms with E-state index in [2.05, 4.69) is 36.7 Å². The molecule has 0 radical (unpaired) electrons. The molecular weight excluding hydrogens is 693 g/mol. The third-order valence-corrected chi connectivity index (χ3v) is 17.0. The number of fused-ring (bicyclic) bond motifs is 1. The molecule has 5 saturated carbocycles. The van der Waals surface area contributed by atoms with Crippen molar-refractivity contribution in [2.24, 2.45) is 34.5 Å². The summed E-state index contributed by atoms with van der Waals surface area (Å²) in [4.78, 5) is 71.7. The van der Waals surface area contributed by atoms with Crippen LogP contribution < -0.4 is 16.0 Å². The Hall–Kier alpha value is -2.50. The Morgan fingerprint density at radius 2 is 1.45 bits per heavy atom. The molecule has 5 aliphatic carbocycles. The molecule has 1 aliphatic heterocycles. The molecule has 0 unspecified atom stereocenters. The normalized spacial score (nSPS) is 28.6. The molecule has 0 aromatic heterocycles. The van der Waals surface area contributed by atoms with Crippen molar-refractivity contribution in [3.63, 3.8) is 0 Å². The van der Waals surface area contributed by atoms with Crippen molar-refractivity contribution in [1.82, 2.24) is 20.9 Å². The molecule has 6 fully saturated rings. The summed E-state index contributed by atoms with van der Waals surface area (Å²) in [6.07, 6.45) is 13.2. The highest BCUT2D eigenvalue weighted by atomic mass is 32.2. The van der Waals surface area contributed by atoms with E-state index in [9.17, 15) is 32.4 Å². The molecule has 6 aliphatic rings. The van der Waals surface area contributed by atoms with E-state index in [1.54, 1.807) is 25.7 Å². The van der Waals surface area contributed by atoms with Gasteiger partial charge in [0.2, 0.25) is 11.7 Å². The fourth-order valence-electron chi connectivity index (χ4n) is 9.96. The van der Waals surface area contributed by atoms with Crippen LogP contribution in [-0.4, -0.2) is 83.4 Å². The van der Waals surface area contributed by atoms with Crippen LogP contribution in [0.15, 0.2) is 0 Å². The zero-order valence-electron chi connectivity index (χ0n) is 33.2. The molecule has 3 N–H and O–H groups in total. The van der Waals surface area contributed by atoms with Gasteiger partial charge in [-0.2, -0.15) is 0 Å². The molecule has 11 nitrogen and oxygen atoms in total. The molecule has 1 saturated heterocycles. The molecule has 5 atom stereocenters. The second-order valence-electron chi connectivity index (χ2n) is 19.8. The van der Waals surface area contributed by atoms with Gasteiger partial charge in [0.15, 0.2) is 15.6 Å². The summed E-state index contributed by atoms with van der Waals surface area (Å²) in [6.45, 7) is 11.8. The lowest BCUT2D eigenvalue weighted by molar-refractivity contribution is -0.145. The van der Waals surface area contributed by atoms with Crippen molar-refractivity contribution >= 4 is 39.2 Å². The van der Waals surface area contributed by atoms with E-state index in [4.69, 9.17) is 0 Å². The Morgan fingerprint density at radius 3 is 2.02 bits per heavy atom. The molecule has 53 heavy (non-hydrogen) atoms. The Bertz CT molecular complexity index is 1550. The minimum Gasteiger partial charge on any atom is -0.347 e. The van der Waals surface area contributed by atoms with E-state index in [1.165, 1.54) is 0 Å².